The summed E-state index contributed by atoms with van der Waals surface area (Å²) in [7, 11) is 0. The zero-order chi connectivity index (χ0) is 29.2. The predicted molar refractivity (Wildman–Crippen MR) is 167 cm³/mol. The fourth-order valence-corrected chi connectivity index (χ4v) is 6.39. The van der Waals surface area contributed by atoms with E-state index in [0.29, 0.717) is 23.0 Å². The molecule has 2 aliphatic rings. The van der Waals surface area contributed by atoms with Crippen LogP contribution in [0.2, 0.25) is 0 Å². The lowest BCUT2D eigenvalue weighted by Gasteiger charge is -2.35. The number of carbonyl (C=O) groups excluding carboxylic acids is 1. The lowest BCUT2D eigenvalue weighted by molar-refractivity contribution is 0.101. The number of hydrogen-bond donors (Lipinski definition) is 1. The number of nitrogens with zero attached hydrogens (tertiary/aromatic N) is 6. The summed E-state index contributed by atoms with van der Waals surface area (Å²) in [5.41, 5.74) is 4.41. The van der Waals surface area contributed by atoms with Gasteiger partial charge in [-0.3, -0.25) is 19.1 Å². The second-order valence-electron chi connectivity index (χ2n) is 11.3. The average molecular weight is 586 g/mol. The molecular weight excluding hydrogens is 550 g/mol. The summed E-state index contributed by atoms with van der Waals surface area (Å²) in [6.45, 7) is 7.95. The number of benzene rings is 1. The third kappa shape index (κ3) is 5.76. The zero-order valence-electron chi connectivity index (χ0n) is 24.1. The molecule has 2 fully saturated rings. The van der Waals surface area contributed by atoms with Crippen molar-refractivity contribution in [3.05, 3.63) is 81.4 Å². The van der Waals surface area contributed by atoms with Gasteiger partial charge in [0.1, 0.15) is 11.5 Å². The maximum absolute atomic E-state index is 13.5. The molecule has 0 bridgehead atoms. The van der Waals surface area contributed by atoms with Gasteiger partial charge in [-0.25, -0.2) is 9.97 Å². The number of aryl methyl sites for hydroxylation is 1. The molecule has 6 rings (SSSR count). The molecular formula is C32H36ClN7O2. The standard InChI is InChI=1S/C32H36ClN7O2/c1-21-27-19-35-32(37-30(27)40(26-5-3-4-6-26)31(42)29(21)22(2)41)36-25-11-12-28(34-18-25)39-15-13-38(14-16-39)20-24-9-7-23(17-33)8-10-24/h7-12,18-19,26H,3-6,13-17,20H2,1-2H3,(H,35,36,37). The van der Waals surface area contributed by atoms with Crippen LogP contribution >= 0.6 is 11.6 Å². The van der Waals surface area contributed by atoms with Crippen molar-refractivity contribution in [2.45, 2.75) is 58.0 Å². The van der Waals surface area contributed by atoms with Crippen molar-refractivity contribution < 1.29 is 4.79 Å². The topological polar surface area (TPSA) is 96.2 Å². The number of piperazine rings is 1. The molecule has 1 saturated carbocycles. The van der Waals surface area contributed by atoms with Crippen LogP contribution in [0.3, 0.4) is 0 Å². The van der Waals surface area contributed by atoms with Crippen LogP contribution in [0.1, 0.15) is 65.7 Å². The highest BCUT2D eigenvalue weighted by Crippen LogP contribution is 2.32. The van der Waals surface area contributed by atoms with E-state index >= 15 is 0 Å². The molecule has 1 aliphatic heterocycles. The fourth-order valence-electron chi connectivity index (χ4n) is 6.21. The third-order valence-corrected chi connectivity index (χ3v) is 8.84. The Bertz CT molecular complexity index is 1640. The Morgan fingerprint density at radius 1 is 0.976 bits per heavy atom. The molecule has 1 saturated heterocycles. The van der Waals surface area contributed by atoms with Crippen LogP contribution in [-0.2, 0) is 12.4 Å². The quantitative estimate of drug-likeness (QED) is 0.210. The van der Waals surface area contributed by atoms with Gasteiger partial charge >= 0.3 is 0 Å². The monoisotopic (exact) mass is 585 g/mol. The van der Waals surface area contributed by atoms with Crippen LogP contribution in [0.5, 0.6) is 0 Å². The van der Waals surface area contributed by atoms with Crippen LogP contribution < -0.4 is 15.8 Å². The van der Waals surface area contributed by atoms with Crippen LogP contribution in [0.15, 0.2) is 53.6 Å². The third-order valence-electron chi connectivity index (χ3n) is 8.53. The minimum Gasteiger partial charge on any atom is -0.354 e. The summed E-state index contributed by atoms with van der Waals surface area (Å²) < 4.78 is 1.73. The van der Waals surface area contributed by atoms with Crippen molar-refractivity contribution in [1.29, 1.82) is 0 Å². The maximum atomic E-state index is 13.5. The van der Waals surface area contributed by atoms with E-state index in [9.17, 15) is 9.59 Å². The lowest BCUT2D eigenvalue weighted by atomic mass is 10.0. The molecule has 10 heteroatoms. The Morgan fingerprint density at radius 2 is 1.69 bits per heavy atom. The Hall–Kier alpha value is -3.82. The van der Waals surface area contributed by atoms with E-state index in [1.165, 1.54) is 12.5 Å². The molecule has 0 unspecified atom stereocenters. The summed E-state index contributed by atoms with van der Waals surface area (Å²) in [5, 5.41) is 3.99. The van der Waals surface area contributed by atoms with Gasteiger partial charge < -0.3 is 10.2 Å². The number of halogens is 1. The summed E-state index contributed by atoms with van der Waals surface area (Å²) in [6.07, 6.45) is 7.45. The second kappa shape index (κ2) is 12.2. The van der Waals surface area contributed by atoms with Gasteiger partial charge in [-0.15, -0.1) is 11.6 Å². The molecule has 3 aromatic heterocycles. The molecule has 1 N–H and O–H groups in total. The number of Topliss-reactive ketones (excluding diaryl/α,β-unsaturated/α-hetero) is 1. The molecule has 9 nitrogen and oxygen atoms in total. The van der Waals surface area contributed by atoms with Gasteiger partial charge in [0.15, 0.2) is 5.78 Å². The van der Waals surface area contributed by atoms with Crippen molar-refractivity contribution in [3.63, 3.8) is 0 Å². The highest BCUT2D eigenvalue weighted by molar-refractivity contribution is 6.17. The minimum absolute atomic E-state index is 0.0410. The highest BCUT2D eigenvalue weighted by atomic mass is 35.5. The number of alkyl halides is 1. The van der Waals surface area contributed by atoms with Crippen LogP contribution in [0.4, 0.5) is 17.5 Å². The van der Waals surface area contributed by atoms with E-state index in [0.717, 1.165) is 80.9 Å². The van der Waals surface area contributed by atoms with Gasteiger partial charge in [0, 0.05) is 56.2 Å². The number of anilines is 3. The second-order valence-corrected chi connectivity index (χ2v) is 11.6. The molecule has 218 valence electrons. The summed E-state index contributed by atoms with van der Waals surface area (Å²) in [6, 6.07) is 12.6. The Morgan fingerprint density at radius 3 is 2.33 bits per heavy atom. The number of pyridine rings is 2. The molecule has 42 heavy (non-hydrogen) atoms. The predicted octanol–water partition coefficient (Wildman–Crippen LogP) is 5.62. The van der Waals surface area contributed by atoms with Gasteiger partial charge in [-0.2, -0.15) is 4.98 Å². The molecule has 0 amide bonds. The van der Waals surface area contributed by atoms with Gasteiger partial charge in [0.25, 0.3) is 5.56 Å². The smallest absolute Gasteiger partial charge is 0.263 e. The number of aromatic nitrogens is 4. The summed E-state index contributed by atoms with van der Waals surface area (Å²) in [4.78, 5) is 44.6. The maximum Gasteiger partial charge on any atom is 0.263 e. The largest absolute Gasteiger partial charge is 0.354 e. The fraction of sp³-hybridized carbons (Fsp3) is 0.406. The number of rotatable bonds is 8. The van der Waals surface area contributed by atoms with Crippen molar-refractivity contribution in [2.75, 3.05) is 36.4 Å². The van der Waals surface area contributed by atoms with E-state index in [1.807, 2.05) is 12.1 Å². The van der Waals surface area contributed by atoms with Crippen molar-refractivity contribution >= 4 is 45.9 Å². The first kappa shape index (κ1) is 28.3. The summed E-state index contributed by atoms with van der Waals surface area (Å²) >= 11 is 5.92. The number of hydrogen-bond acceptors (Lipinski definition) is 8. The van der Waals surface area contributed by atoms with Gasteiger partial charge in [0.05, 0.1) is 17.4 Å². The van der Waals surface area contributed by atoms with Crippen LogP contribution in [-0.4, -0.2) is 56.4 Å². The number of fused-ring (bicyclic) bond motifs is 1. The lowest BCUT2D eigenvalue weighted by Crippen LogP contribution is -2.46. The minimum atomic E-state index is -0.251. The van der Waals surface area contributed by atoms with Crippen molar-refractivity contribution in [1.82, 2.24) is 24.4 Å². The molecule has 1 aliphatic carbocycles. The number of ketones is 1. The SMILES string of the molecule is CC(=O)c1c(C)c2cnc(Nc3ccc(N4CCN(Cc5ccc(CCl)cc5)CC4)nc3)nc2n(C2CCCC2)c1=O. The molecule has 0 radical (unpaired) electrons. The molecule has 0 spiro atoms. The highest BCUT2D eigenvalue weighted by Gasteiger charge is 2.26. The normalized spacial score (nSPS) is 16.3. The number of nitrogens with one attached hydrogen (secondary N) is 1. The van der Waals surface area contributed by atoms with Crippen LogP contribution in [0, 0.1) is 6.92 Å². The van der Waals surface area contributed by atoms with E-state index in [1.54, 1.807) is 23.9 Å². The Kier molecular flexibility index (Phi) is 8.22. The summed E-state index contributed by atoms with van der Waals surface area (Å²) in [5.74, 6) is 1.65. The van der Waals surface area contributed by atoms with Gasteiger partial charge in [-0.1, -0.05) is 37.1 Å². The van der Waals surface area contributed by atoms with Crippen molar-refractivity contribution in [3.8, 4) is 0 Å². The van der Waals surface area contributed by atoms with E-state index in [-0.39, 0.29) is 22.9 Å². The zero-order valence-corrected chi connectivity index (χ0v) is 24.9. The molecule has 1 aromatic carbocycles. The number of carbonyl (C=O) groups is 1. The van der Waals surface area contributed by atoms with Crippen molar-refractivity contribution in [2.24, 2.45) is 0 Å². The first-order valence-corrected chi connectivity index (χ1v) is 15.2. The average Bonchev–Trinajstić information content (AvgIpc) is 3.53. The molecule has 4 heterocycles. The van der Waals surface area contributed by atoms with E-state index in [4.69, 9.17) is 21.6 Å². The van der Waals surface area contributed by atoms with E-state index in [2.05, 4.69) is 44.4 Å². The van der Waals surface area contributed by atoms with Gasteiger partial charge in [0.2, 0.25) is 5.95 Å². The van der Waals surface area contributed by atoms with E-state index < -0.39 is 0 Å². The first-order valence-electron chi connectivity index (χ1n) is 14.7. The Labute approximate surface area is 250 Å². The van der Waals surface area contributed by atoms with Crippen LogP contribution in [0.25, 0.3) is 11.0 Å². The first-order chi connectivity index (χ1) is 20.4. The van der Waals surface area contributed by atoms with Gasteiger partial charge in [-0.05, 0) is 55.5 Å². The molecule has 0 atom stereocenters. The molecule has 4 aromatic rings. The Balaban J connectivity index is 1.15.